The Hall–Kier alpha value is -2.03. The van der Waals surface area contributed by atoms with Gasteiger partial charge in [0.2, 0.25) is 0 Å². The van der Waals surface area contributed by atoms with Gasteiger partial charge in [-0.3, -0.25) is 9.40 Å². The molecule has 0 aliphatic heterocycles. The molecule has 1 aromatic carbocycles. The van der Waals surface area contributed by atoms with E-state index in [9.17, 15) is 21.6 Å². The molecule has 0 radical (unpaired) electrons. The zero-order chi connectivity index (χ0) is 15.0. The van der Waals surface area contributed by atoms with Crippen molar-refractivity contribution in [2.75, 3.05) is 4.72 Å². The predicted molar refractivity (Wildman–Crippen MR) is 65.5 cm³/mol. The van der Waals surface area contributed by atoms with Gasteiger partial charge in [-0.25, -0.2) is 0 Å². The summed E-state index contributed by atoms with van der Waals surface area (Å²) >= 11 is 0. The third-order valence-electron chi connectivity index (χ3n) is 2.41. The van der Waals surface area contributed by atoms with E-state index in [2.05, 4.69) is 9.82 Å². The topological polar surface area (TPSA) is 64.0 Å². The Morgan fingerprint density at radius 2 is 1.95 bits per heavy atom. The van der Waals surface area contributed by atoms with Gasteiger partial charge in [0.15, 0.2) is 5.03 Å². The second-order valence-electron chi connectivity index (χ2n) is 4.01. The van der Waals surface area contributed by atoms with Crippen molar-refractivity contribution in [1.82, 2.24) is 9.78 Å². The first-order valence-corrected chi connectivity index (χ1v) is 6.86. The van der Waals surface area contributed by atoms with Crippen LogP contribution in [0.3, 0.4) is 0 Å². The van der Waals surface area contributed by atoms with Crippen molar-refractivity contribution in [3.8, 4) is 0 Å². The lowest BCUT2D eigenvalue weighted by molar-refractivity contribution is -0.137. The van der Waals surface area contributed by atoms with Crippen LogP contribution in [-0.4, -0.2) is 18.2 Å². The number of benzene rings is 1. The lowest BCUT2D eigenvalue weighted by Crippen LogP contribution is -2.15. The lowest BCUT2D eigenvalue weighted by atomic mass is 10.2. The summed E-state index contributed by atoms with van der Waals surface area (Å²) in [5, 5.41) is 3.43. The van der Waals surface area contributed by atoms with E-state index >= 15 is 0 Å². The van der Waals surface area contributed by atoms with E-state index in [1.807, 2.05) is 0 Å². The molecule has 0 unspecified atom stereocenters. The standard InChI is InChI=1S/C11H10F3N3O2S/c1-17-6-5-10(15-17)20(18,19)16-9-4-2-3-8(7-9)11(12,13)14/h2-7,16H,1H3. The van der Waals surface area contributed by atoms with E-state index in [0.29, 0.717) is 0 Å². The fourth-order valence-electron chi connectivity index (χ4n) is 1.50. The SMILES string of the molecule is Cn1ccc(S(=O)(=O)Nc2cccc(C(F)(F)F)c2)n1. The largest absolute Gasteiger partial charge is 0.416 e. The van der Waals surface area contributed by atoms with Crippen LogP contribution in [0.15, 0.2) is 41.6 Å². The Morgan fingerprint density at radius 3 is 2.50 bits per heavy atom. The maximum absolute atomic E-state index is 12.5. The first kappa shape index (κ1) is 14.4. The van der Waals surface area contributed by atoms with E-state index in [4.69, 9.17) is 0 Å². The summed E-state index contributed by atoms with van der Waals surface area (Å²) < 4.78 is 64.8. The summed E-state index contributed by atoms with van der Waals surface area (Å²) in [7, 11) is -2.47. The number of aromatic nitrogens is 2. The predicted octanol–water partition coefficient (Wildman–Crippen LogP) is 2.24. The maximum atomic E-state index is 12.5. The summed E-state index contributed by atoms with van der Waals surface area (Å²) in [6.07, 6.45) is -3.12. The third kappa shape index (κ3) is 3.10. The van der Waals surface area contributed by atoms with Crippen LogP contribution in [0.4, 0.5) is 18.9 Å². The Labute approximate surface area is 113 Å². The molecule has 0 bridgehead atoms. The fourth-order valence-corrected chi connectivity index (χ4v) is 2.52. The monoisotopic (exact) mass is 305 g/mol. The average molecular weight is 305 g/mol. The van der Waals surface area contributed by atoms with Crippen LogP contribution < -0.4 is 4.72 Å². The van der Waals surface area contributed by atoms with Gasteiger partial charge in [-0.05, 0) is 24.3 Å². The number of anilines is 1. The zero-order valence-corrected chi connectivity index (χ0v) is 11.0. The number of aryl methyl sites for hydroxylation is 1. The van der Waals surface area contributed by atoms with E-state index in [0.717, 1.165) is 18.2 Å². The van der Waals surface area contributed by atoms with Crippen molar-refractivity contribution in [2.24, 2.45) is 7.05 Å². The highest BCUT2D eigenvalue weighted by Gasteiger charge is 2.30. The molecule has 0 aliphatic rings. The zero-order valence-electron chi connectivity index (χ0n) is 10.2. The van der Waals surface area contributed by atoms with Crippen LogP contribution in [0.2, 0.25) is 0 Å². The van der Waals surface area contributed by atoms with Crippen LogP contribution in [0.1, 0.15) is 5.56 Å². The van der Waals surface area contributed by atoms with Crippen molar-refractivity contribution in [3.05, 3.63) is 42.1 Å². The number of nitrogens with one attached hydrogen (secondary N) is 1. The van der Waals surface area contributed by atoms with Crippen molar-refractivity contribution in [2.45, 2.75) is 11.2 Å². The minimum Gasteiger partial charge on any atom is -0.278 e. The first-order valence-electron chi connectivity index (χ1n) is 5.38. The van der Waals surface area contributed by atoms with Crippen molar-refractivity contribution in [3.63, 3.8) is 0 Å². The molecule has 2 aromatic rings. The van der Waals surface area contributed by atoms with Gasteiger partial charge >= 0.3 is 6.18 Å². The van der Waals surface area contributed by atoms with Crippen LogP contribution in [0.25, 0.3) is 0 Å². The fraction of sp³-hybridized carbons (Fsp3) is 0.182. The van der Waals surface area contributed by atoms with Crippen LogP contribution >= 0.6 is 0 Å². The van der Waals surface area contributed by atoms with E-state index in [1.165, 1.54) is 30.1 Å². The minimum atomic E-state index is -4.54. The molecule has 0 aliphatic carbocycles. The number of alkyl halides is 3. The Bertz CT molecular complexity index is 723. The van der Waals surface area contributed by atoms with Crippen molar-refractivity contribution in [1.29, 1.82) is 0 Å². The van der Waals surface area contributed by atoms with Gasteiger partial charge in [0.05, 0.1) is 5.56 Å². The van der Waals surface area contributed by atoms with Gasteiger partial charge in [-0.1, -0.05) is 6.07 Å². The number of hydrogen-bond donors (Lipinski definition) is 1. The molecule has 0 spiro atoms. The van der Waals surface area contributed by atoms with Gasteiger partial charge < -0.3 is 0 Å². The average Bonchev–Trinajstić information content (AvgIpc) is 2.75. The molecule has 0 atom stereocenters. The molecular weight excluding hydrogens is 295 g/mol. The van der Waals surface area contributed by atoms with Gasteiger partial charge in [0.25, 0.3) is 10.0 Å². The normalized spacial score (nSPS) is 12.4. The molecule has 5 nitrogen and oxygen atoms in total. The van der Waals surface area contributed by atoms with Gasteiger partial charge in [-0.15, -0.1) is 0 Å². The highest BCUT2D eigenvalue weighted by Crippen LogP contribution is 2.31. The summed E-state index contributed by atoms with van der Waals surface area (Å²) in [4.78, 5) is 0. The number of rotatable bonds is 3. The van der Waals surface area contributed by atoms with Crippen molar-refractivity contribution >= 4 is 15.7 Å². The molecule has 0 fully saturated rings. The molecule has 1 N–H and O–H groups in total. The number of hydrogen-bond acceptors (Lipinski definition) is 3. The molecule has 108 valence electrons. The molecule has 0 amide bonds. The summed E-state index contributed by atoms with van der Waals surface area (Å²) in [6, 6.07) is 5.18. The first-order chi connectivity index (χ1) is 9.18. The summed E-state index contributed by atoms with van der Waals surface area (Å²) in [6.45, 7) is 0. The molecule has 0 saturated heterocycles. The summed E-state index contributed by atoms with van der Waals surface area (Å²) in [5.74, 6) is 0. The molecule has 0 saturated carbocycles. The Kier molecular flexibility index (Phi) is 3.46. The van der Waals surface area contributed by atoms with Crippen LogP contribution in [0.5, 0.6) is 0 Å². The van der Waals surface area contributed by atoms with Gasteiger partial charge in [-0.2, -0.15) is 26.7 Å². The van der Waals surface area contributed by atoms with E-state index in [-0.39, 0.29) is 10.7 Å². The lowest BCUT2D eigenvalue weighted by Gasteiger charge is -2.10. The quantitative estimate of drug-likeness (QED) is 0.946. The number of halogens is 3. The van der Waals surface area contributed by atoms with Gasteiger partial charge in [0.1, 0.15) is 0 Å². The maximum Gasteiger partial charge on any atom is 0.416 e. The van der Waals surface area contributed by atoms with Gasteiger partial charge in [0, 0.05) is 18.9 Å². The second-order valence-corrected chi connectivity index (χ2v) is 5.64. The number of nitrogens with zero attached hydrogens (tertiary/aromatic N) is 2. The highest BCUT2D eigenvalue weighted by molar-refractivity contribution is 7.92. The Morgan fingerprint density at radius 1 is 1.25 bits per heavy atom. The Balaban J connectivity index is 2.31. The highest BCUT2D eigenvalue weighted by atomic mass is 32.2. The van der Waals surface area contributed by atoms with E-state index < -0.39 is 21.8 Å². The molecule has 1 heterocycles. The summed E-state index contributed by atoms with van der Waals surface area (Å²) in [5.41, 5.74) is -1.11. The molecule has 1 aromatic heterocycles. The molecular formula is C11H10F3N3O2S. The number of sulfonamides is 1. The van der Waals surface area contributed by atoms with Crippen LogP contribution in [-0.2, 0) is 23.2 Å². The van der Waals surface area contributed by atoms with Crippen molar-refractivity contribution < 1.29 is 21.6 Å². The minimum absolute atomic E-state index is 0.175. The molecule has 9 heteroatoms. The van der Waals surface area contributed by atoms with E-state index in [1.54, 1.807) is 0 Å². The molecule has 2 rings (SSSR count). The van der Waals surface area contributed by atoms with Crippen LogP contribution in [0, 0.1) is 0 Å². The third-order valence-corrected chi connectivity index (χ3v) is 3.68. The molecule has 20 heavy (non-hydrogen) atoms. The smallest absolute Gasteiger partial charge is 0.278 e. The second kappa shape index (κ2) is 4.82.